The molecule has 6 heteroatoms. The van der Waals surface area contributed by atoms with Crippen LogP contribution in [0.5, 0.6) is 0 Å². The minimum Gasteiger partial charge on any atom is -0.396 e. The molecule has 1 aromatic heterocycles. The monoisotopic (exact) mass is 472 g/mol. The number of hydrogen-bond donors (Lipinski definition) is 2. The first kappa shape index (κ1) is 24.3. The van der Waals surface area contributed by atoms with E-state index in [1.54, 1.807) is 0 Å². The van der Waals surface area contributed by atoms with E-state index in [2.05, 4.69) is 31.2 Å². The highest BCUT2D eigenvalue weighted by molar-refractivity contribution is 6.33. The second-order valence-electron chi connectivity index (χ2n) is 11.4. The largest absolute Gasteiger partial charge is 0.396 e. The lowest BCUT2D eigenvalue weighted by Gasteiger charge is -2.38. The zero-order valence-corrected chi connectivity index (χ0v) is 21.0. The number of nitrogens with zero attached hydrogens (tertiary/aromatic N) is 1. The number of carbonyl (C=O) groups excluding carboxylic acids is 1. The van der Waals surface area contributed by atoms with E-state index in [9.17, 15) is 9.90 Å². The lowest BCUT2D eigenvalue weighted by atomic mass is 9.67. The summed E-state index contributed by atoms with van der Waals surface area (Å²) in [6.45, 7) is 8.88. The van der Waals surface area contributed by atoms with Crippen molar-refractivity contribution in [3.8, 4) is 0 Å². The number of rotatable bonds is 9. The SMILES string of the molecule is Cc1ccc(NC(=O)CC(CCO)c2noc(C3CC(CC(C)(C)C)C3)c2C2CC2)c(Cl)c1. The average Bonchev–Trinajstić information content (AvgIpc) is 3.44. The van der Waals surface area contributed by atoms with Crippen molar-refractivity contribution in [1.29, 1.82) is 0 Å². The molecule has 1 unspecified atom stereocenters. The van der Waals surface area contributed by atoms with Gasteiger partial charge in [0.1, 0.15) is 5.76 Å². The molecule has 4 rings (SSSR count). The van der Waals surface area contributed by atoms with E-state index in [1.165, 1.54) is 12.0 Å². The lowest BCUT2D eigenvalue weighted by Crippen LogP contribution is -2.26. The van der Waals surface area contributed by atoms with Crippen LogP contribution < -0.4 is 5.32 Å². The van der Waals surface area contributed by atoms with E-state index in [1.807, 2.05) is 25.1 Å². The molecule has 0 saturated heterocycles. The summed E-state index contributed by atoms with van der Waals surface area (Å²) in [7, 11) is 0. The van der Waals surface area contributed by atoms with Crippen LogP contribution in [0.1, 0.15) is 106 Å². The number of halogens is 1. The molecule has 33 heavy (non-hydrogen) atoms. The first-order valence-corrected chi connectivity index (χ1v) is 12.7. The van der Waals surface area contributed by atoms with Gasteiger partial charge in [0.25, 0.3) is 0 Å². The van der Waals surface area contributed by atoms with Gasteiger partial charge in [-0.2, -0.15) is 0 Å². The van der Waals surface area contributed by atoms with Crippen molar-refractivity contribution in [2.24, 2.45) is 11.3 Å². The predicted octanol–water partition coefficient (Wildman–Crippen LogP) is 6.94. The molecule has 0 radical (unpaired) electrons. The highest BCUT2D eigenvalue weighted by Crippen LogP contribution is 2.53. The summed E-state index contributed by atoms with van der Waals surface area (Å²) in [4.78, 5) is 12.9. The summed E-state index contributed by atoms with van der Waals surface area (Å²) < 4.78 is 5.95. The Morgan fingerprint density at radius 3 is 2.61 bits per heavy atom. The van der Waals surface area contributed by atoms with Crippen LogP contribution in [0.2, 0.25) is 5.02 Å². The van der Waals surface area contributed by atoms with Gasteiger partial charge in [-0.25, -0.2) is 0 Å². The van der Waals surface area contributed by atoms with Crippen LogP contribution in [-0.4, -0.2) is 22.8 Å². The maximum Gasteiger partial charge on any atom is 0.225 e. The Morgan fingerprint density at radius 1 is 1.27 bits per heavy atom. The van der Waals surface area contributed by atoms with E-state index >= 15 is 0 Å². The molecular weight excluding hydrogens is 436 g/mol. The number of benzene rings is 1. The molecule has 2 aromatic rings. The van der Waals surface area contributed by atoms with Crippen LogP contribution in [0.4, 0.5) is 5.69 Å². The number of aryl methyl sites for hydroxylation is 1. The van der Waals surface area contributed by atoms with Gasteiger partial charge in [0, 0.05) is 30.4 Å². The fourth-order valence-electron chi connectivity index (χ4n) is 5.31. The number of carbonyl (C=O) groups is 1. The molecule has 2 N–H and O–H groups in total. The molecule has 1 atom stereocenters. The van der Waals surface area contributed by atoms with Gasteiger partial charge in [-0.1, -0.05) is 43.6 Å². The number of nitrogens with one attached hydrogen (secondary N) is 1. The van der Waals surface area contributed by atoms with Gasteiger partial charge in [0.15, 0.2) is 0 Å². The van der Waals surface area contributed by atoms with Crippen molar-refractivity contribution in [1.82, 2.24) is 5.16 Å². The zero-order valence-electron chi connectivity index (χ0n) is 20.3. The second kappa shape index (κ2) is 9.79. The molecule has 180 valence electrons. The van der Waals surface area contributed by atoms with E-state index in [0.717, 1.165) is 48.6 Å². The number of aliphatic hydroxyl groups is 1. The van der Waals surface area contributed by atoms with E-state index in [-0.39, 0.29) is 24.9 Å². The number of anilines is 1. The van der Waals surface area contributed by atoms with Gasteiger partial charge in [-0.05, 0) is 80.4 Å². The standard InChI is InChI=1S/C27H37ClN2O3/c1-16-5-8-22(21(28)11-16)29-23(32)14-19(9-10-31)25-24(18-6-7-18)26(33-30-25)20-12-17(13-20)15-27(2,3)4/h5,8,11,17-20,31H,6-7,9-10,12-15H2,1-4H3,(H,29,32). The normalized spacial score (nSPS) is 21.5. The summed E-state index contributed by atoms with van der Waals surface area (Å²) >= 11 is 6.29. The highest BCUT2D eigenvalue weighted by atomic mass is 35.5. The Morgan fingerprint density at radius 2 is 2.00 bits per heavy atom. The van der Waals surface area contributed by atoms with Crippen molar-refractivity contribution in [3.63, 3.8) is 0 Å². The Balaban J connectivity index is 1.48. The third kappa shape index (κ3) is 5.99. The minimum atomic E-state index is -0.169. The van der Waals surface area contributed by atoms with Gasteiger partial charge >= 0.3 is 0 Å². The van der Waals surface area contributed by atoms with Gasteiger partial charge in [0.05, 0.1) is 16.4 Å². The number of aliphatic hydroxyl groups excluding tert-OH is 1. The van der Waals surface area contributed by atoms with Crippen molar-refractivity contribution >= 4 is 23.2 Å². The average molecular weight is 473 g/mol. The van der Waals surface area contributed by atoms with Crippen LogP contribution in [0.15, 0.2) is 22.7 Å². The molecule has 2 aliphatic carbocycles. The highest BCUT2D eigenvalue weighted by Gasteiger charge is 2.42. The van der Waals surface area contributed by atoms with E-state index in [0.29, 0.717) is 34.4 Å². The molecule has 2 saturated carbocycles. The van der Waals surface area contributed by atoms with Crippen LogP contribution in [0.3, 0.4) is 0 Å². The molecular formula is C27H37ClN2O3. The molecule has 0 spiro atoms. The van der Waals surface area contributed by atoms with Crippen LogP contribution >= 0.6 is 11.6 Å². The van der Waals surface area contributed by atoms with Crippen molar-refractivity contribution in [2.75, 3.05) is 11.9 Å². The smallest absolute Gasteiger partial charge is 0.225 e. The van der Waals surface area contributed by atoms with Crippen LogP contribution in [0, 0.1) is 18.3 Å². The quantitative estimate of drug-likeness (QED) is 0.414. The van der Waals surface area contributed by atoms with Gasteiger partial charge in [-0.15, -0.1) is 0 Å². The van der Waals surface area contributed by atoms with Crippen molar-refractivity contribution in [2.45, 2.75) is 90.4 Å². The first-order chi connectivity index (χ1) is 15.6. The van der Waals surface area contributed by atoms with Gasteiger partial charge in [0.2, 0.25) is 5.91 Å². The Kier molecular flexibility index (Phi) is 7.20. The molecule has 0 bridgehead atoms. The Hall–Kier alpha value is -1.85. The summed E-state index contributed by atoms with van der Waals surface area (Å²) in [5, 5.41) is 17.7. The summed E-state index contributed by atoms with van der Waals surface area (Å²) in [5.74, 6) is 2.41. The topological polar surface area (TPSA) is 75.4 Å². The summed E-state index contributed by atoms with van der Waals surface area (Å²) in [5.41, 5.74) is 4.11. The Labute approximate surface area is 202 Å². The molecule has 2 fully saturated rings. The zero-order chi connectivity index (χ0) is 23.8. The third-order valence-corrected chi connectivity index (χ3v) is 7.28. The molecule has 2 aliphatic rings. The number of amides is 1. The second-order valence-corrected chi connectivity index (χ2v) is 11.8. The predicted molar refractivity (Wildman–Crippen MR) is 132 cm³/mol. The van der Waals surface area contributed by atoms with Crippen LogP contribution in [0.25, 0.3) is 0 Å². The molecule has 1 heterocycles. The van der Waals surface area contributed by atoms with Crippen LogP contribution in [-0.2, 0) is 4.79 Å². The number of aromatic nitrogens is 1. The summed E-state index contributed by atoms with van der Waals surface area (Å²) in [6, 6.07) is 5.58. The number of hydrogen-bond acceptors (Lipinski definition) is 4. The molecule has 1 aromatic carbocycles. The Bertz CT molecular complexity index is 984. The lowest BCUT2D eigenvalue weighted by molar-refractivity contribution is -0.116. The maximum absolute atomic E-state index is 12.9. The first-order valence-electron chi connectivity index (χ1n) is 12.3. The van der Waals surface area contributed by atoms with Crippen molar-refractivity contribution < 1.29 is 14.4 Å². The molecule has 5 nitrogen and oxygen atoms in total. The molecule has 0 aliphatic heterocycles. The minimum absolute atomic E-state index is 0.00657. The summed E-state index contributed by atoms with van der Waals surface area (Å²) in [6.07, 6.45) is 6.57. The fourth-order valence-corrected chi connectivity index (χ4v) is 5.60. The van der Waals surface area contributed by atoms with Gasteiger partial charge < -0.3 is 14.9 Å². The van der Waals surface area contributed by atoms with E-state index in [4.69, 9.17) is 16.1 Å². The third-order valence-electron chi connectivity index (χ3n) is 6.97. The molecule has 1 amide bonds. The van der Waals surface area contributed by atoms with Gasteiger partial charge in [-0.3, -0.25) is 4.79 Å². The van der Waals surface area contributed by atoms with E-state index < -0.39 is 0 Å². The van der Waals surface area contributed by atoms with Crippen molar-refractivity contribution in [3.05, 3.63) is 45.8 Å². The maximum atomic E-state index is 12.9. The fraction of sp³-hybridized carbons (Fsp3) is 0.630.